The third-order valence-corrected chi connectivity index (χ3v) is 3.45. The van der Waals surface area contributed by atoms with E-state index in [1.807, 2.05) is 0 Å². The van der Waals surface area contributed by atoms with E-state index in [-0.39, 0.29) is 16.7 Å². The number of anilines is 1. The minimum Gasteiger partial charge on any atom is -0.465 e. The van der Waals surface area contributed by atoms with Crippen LogP contribution in [-0.4, -0.2) is 30.8 Å². The molecule has 0 saturated carbocycles. The van der Waals surface area contributed by atoms with E-state index < -0.39 is 5.97 Å². The average molecular weight is 286 g/mol. The van der Waals surface area contributed by atoms with E-state index in [4.69, 9.17) is 11.6 Å². The molecule has 4 nitrogen and oxygen atoms in total. The van der Waals surface area contributed by atoms with Crippen molar-refractivity contribution in [3.63, 3.8) is 0 Å². The molecule has 0 aromatic heterocycles. The molecule has 0 aliphatic carbocycles. The van der Waals surface area contributed by atoms with Gasteiger partial charge in [-0.05, 0) is 18.2 Å². The van der Waals surface area contributed by atoms with E-state index in [0.717, 1.165) is 0 Å². The van der Waals surface area contributed by atoms with Crippen molar-refractivity contribution in [2.75, 3.05) is 18.6 Å². The maximum Gasteiger partial charge on any atom is 0.339 e. The van der Waals surface area contributed by atoms with Crippen LogP contribution < -0.4 is 4.90 Å². The zero-order valence-electron chi connectivity index (χ0n) is 9.72. The van der Waals surface area contributed by atoms with Crippen LogP contribution in [0, 0.1) is 0 Å². The number of rotatable bonds is 2. The lowest BCUT2D eigenvalue weighted by atomic mass is 10.2. The van der Waals surface area contributed by atoms with Crippen molar-refractivity contribution < 1.29 is 14.3 Å². The summed E-state index contributed by atoms with van der Waals surface area (Å²) in [5, 5.41) is 0.328. The van der Waals surface area contributed by atoms with Crippen LogP contribution in [0.3, 0.4) is 0 Å². The normalized spacial score (nSPS) is 19.2. The largest absolute Gasteiger partial charge is 0.465 e. The number of thiol groups is 1. The van der Waals surface area contributed by atoms with Gasteiger partial charge >= 0.3 is 5.97 Å². The van der Waals surface area contributed by atoms with Gasteiger partial charge in [-0.2, -0.15) is 12.6 Å². The predicted molar refractivity (Wildman–Crippen MR) is 72.5 cm³/mol. The fraction of sp³-hybridized carbons (Fsp3) is 0.333. The van der Waals surface area contributed by atoms with Crippen molar-refractivity contribution in [3.05, 3.63) is 28.8 Å². The summed E-state index contributed by atoms with van der Waals surface area (Å²) >= 11 is 10.2. The van der Waals surface area contributed by atoms with Gasteiger partial charge in [-0.1, -0.05) is 11.6 Å². The number of carbonyl (C=O) groups is 2. The molecule has 2 rings (SSSR count). The van der Waals surface area contributed by atoms with Crippen molar-refractivity contribution in [1.29, 1.82) is 0 Å². The summed E-state index contributed by atoms with van der Waals surface area (Å²) in [5.74, 6) is -0.524. The molecule has 1 amide bonds. The molecule has 0 bridgehead atoms. The SMILES string of the molecule is COC(=O)c1cc(N2CC(S)CC2=O)ccc1Cl. The minimum atomic E-state index is -0.518. The van der Waals surface area contributed by atoms with E-state index in [9.17, 15) is 9.59 Å². The molecule has 1 aromatic carbocycles. The lowest BCUT2D eigenvalue weighted by molar-refractivity contribution is -0.117. The highest BCUT2D eigenvalue weighted by molar-refractivity contribution is 7.81. The Bertz CT molecular complexity index is 506. The monoisotopic (exact) mass is 285 g/mol. The Labute approximate surface area is 115 Å². The van der Waals surface area contributed by atoms with E-state index in [2.05, 4.69) is 17.4 Å². The summed E-state index contributed by atoms with van der Waals surface area (Å²) in [6.45, 7) is 0.532. The molecule has 1 aliphatic heterocycles. The first-order valence-electron chi connectivity index (χ1n) is 5.39. The molecule has 1 saturated heterocycles. The van der Waals surface area contributed by atoms with Gasteiger partial charge in [-0.3, -0.25) is 4.79 Å². The summed E-state index contributed by atoms with van der Waals surface area (Å²) in [5.41, 5.74) is 0.897. The summed E-state index contributed by atoms with van der Waals surface area (Å²) < 4.78 is 4.64. The highest BCUT2D eigenvalue weighted by atomic mass is 35.5. The van der Waals surface area contributed by atoms with Crippen molar-refractivity contribution in [3.8, 4) is 0 Å². The van der Waals surface area contributed by atoms with Gasteiger partial charge in [-0.25, -0.2) is 4.79 Å². The van der Waals surface area contributed by atoms with E-state index in [0.29, 0.717) is 23.7 Å². The molecule has 1 aliphatic rings. The molecule has 0 spiro atoms. The van der Waals surface area contributed by atoms with Crippen LogP contribution in [0.15, 0.2) is 18.2 Å². The number of esters is 1. The van der Waals surface area contributed by atoms with Crippen LogP contribution >= 0.6 is 24.2 Å². The molecule has 0 N–H and O–H groups in total. The van der Waals surface area contributed by atoms with Crippen LogP contribution in [0.5, 0.6) is 0 Å². The molecule has 96 valence electrons. The second-order valence-electron chi connectivity index (χ2n) is 4.02. The first kappa shape index (κ1) is 13.2. The third-order valence-electron chi connectivity index (χ3n) is 2.77. The summed E-state index contributed by atoms with van der Waals surface area (Å²) in [6.07, 6.45) is 0.402. The summed E-state index contributed by atoms with van der Waals surface area (Å²) in [7, 11) is 1.29. The Morgan fingerprint density at radius 2 is 2.28 bits per heavy atom. The van der Waals surface area contributed by atoms with E-state index in [1.165, 1.54) is 7.11 Å². The maximum atomic E-state index is 11.7. The molecule has 0 radical (unpaired) electrons. The Balaban J connectivity index is 2.35. The van der Waals surface area contributed by atoms with E-state index >= 15 is 0 Å². The van der Waals surface area contributed by atoms with Gasteiger partial charge in [0.2, 0.25) is 5.91 Å². The fourth-order valence-corrected chi connectivity index (χ4v) is 2.40. The van der Waals surface area contributed by atoms with Gasteiger partial charge in [0.25, 0.3) is 0 Å². The summed E-state index contributed by atoms with van der Waals surface area (Å²) in [4.78, 5) is 24.9. The quantitative estimate of drug-likeness (QED) is 0.669. The summed E-state index contributed by atoms with van der Waals surface area (Å²) in [6, 6.07) is 4.86. The van der Waals surface area contributed by atoms with Crippen molar-refractivity contribution in [2.24, 2.45) is 0 Å². The molecule has 1 heterocycles. The van der Waals surface area contributed by atoms with Crippen molar-refractivity contribution >= 4 is 41.8 Å². The van der Waals surface area contributed by atoms with Crippen LogP contribution in [0.2, 0.25) is 5.02 Å². The topological polar surface area (TPSA) is 46.6 Å². The molecule has 1 fully saturated rings. The van der Waals surface area contributed by atoms with E-state index in [1.54, 1.807) is 23.1 Å². The second kappa shape index (κ2) is 5.20. The molecule has 6 heteroatoms. The molecular weight excluding hydrogens is 274 g/mol. The lowest BCUT2D eigenvalue weighted by Gasteiger charge is -2.17. The lowest BCUT2D eigenvalue weighted by Crippen LogP contribution is -2.24. The average Bonchev–Trinajstić information content (AvgIpc) is 2.68. The number of halogens is 1. The van der Waals surface area contributed by atoms with Crippen LogP contribution in [0.4, 0.5) is 5.69 Å². The predicted octanol–water partition coefficient (Wildman–Crippen LogP) is 2.16. The number of hydrogen-bond acceptors (Lipinski definition) is 4. The zero-order valence-corrected chi connectivity index (χ0v) is 11.4. The number of carbonyl (C=O) groups excluding carboxylic acids is 2. The Kier molecular flexibility index (Phi) is 3.82. The number of amides is 1. The molecule has 1 atom stereocenters. The van der Waals surface area contributed by atoms with Gasteiger partial charge < -0.3 is 9.64 Å². The number of methoxy groups -OCH3 is 1. The first-order chi connectivity index (χ1) is 8.52. The Morgan fingerprint density at radius 3 is 2.83 bits per heavy atom. The van der Waals surface area contributed by atoms with Crippen molar-refractivity contribution in [2.45, 2.75) is 11.7 Å². The van der Waals surface area contributed by atoms with Gasteiger partial charge in [0, 0.05) is 23.9 Å². The molecule has 1 aromatic rings. The Hall–Kier alpha value is -1.20. The van der Waals surface area contributed by atoms with Crippen LogP contribution in [0.25, 0.3) is 0 Å². The first-order valence-corrected chi connectivity index (χ1v) is 6.28. The molecule has 18 heavy (non-hydrogen) atoms. The second-order valence-corrected chi connectivity index (χ2v) is 5.16. The Morgan fingerprint density at radius 1 is 1.56 bits per heavy atom. The van der Waals surface area contributed by atoms with Crippen molar-refractivity contribution in [1.82, 2.24) is 0 Å². The minimum absolute atomic E-state index is 0.00635. The van der Waals surface area contributed by atoms with Gasteiger partial charge in [0.05, 0.1) is 17.7 Å². The highest BCUT2D eigenvalue weighted by Gasteiger charge is 2.29. The smallest absolute Gasteiger partial charge is 0.339 e. The van der Waals surface area contributed by atoms with Crippen LogP contribution in [0.1, 0.15) is 16.8 Å². The number of ether oxygens (including phenoxy) is 1. The van der Waals surface area contributed by atoms with Gasteiger partial charge in [0.1, 0.15) is 0 Å². The number of hydrogen-bond donors (Lipinski definition) is 1. The van der Waals surface area contributed by atoms with Gasteiger partial charge in [0.15, 0.2) is 0 Å². The maximum absolute atomic E-state index is 11.7. The molecular formula is C12H12ClNO3S. The zero-order chi connectivity index (χ0) is 13.3. The van der Waals surface area contributed by atoms with Gasteiger partial charge in [-0.15, -0.1) is 0 Å². The number of nitrogens with zero attached hydrogens (tertiary/aromatic N) is 1. The third kappa shape index (κ3) is 2.47. The number of benzene rings is 1. The standard InChI is InChI=1S/C12H12ClNO3S/c1-17-12(16)9-4-7(2-3-10(9)13)14-6-8(18)5-11(14)15/h2-4,8,18H,5-6H2,1H3. The highest BCUT2D eigenvalue weighted by Crippen LogP contribution is 2.28. The fourth-order valence-electron chi connectivity index (χ4n) is 1.89. The molecule has 1 unspecified atom stereocenters. The van der Waals surface area contributed by atoms with Crippen LogP contribution in [-0.2, 0) is 9.53 Å².